The zero-order chi connectivity index (χ0) is 18.6. The van der Waals surface area contributed by atoms with Gasteiger partial charge in [-0.1, -0.05) is 23.4 Å². The number of aromatic amines is 1. The number of rotatable bonds is 5. The minimum atomic E-state index is -0.127. The lowest BCUT2D eigenvalue weighted by Gasteiger charge is -2.04. The van der Waals surface area contributed by atoms with Crippen LogP contribution in [0.4, 0.5) is 0 Å². The van der Waals surface area contributed by atoms with E-state index in [0.717, 1.165) is 22.6 Å². The van der Waals surface area contributed by atoms with Crippen LogP contribution in [0.15, 0.2) is 77.1 Å². The van der Waals surface area contributed by atoms with Crippen LogP contribution in [-0.4, -0.2) is 24.7 Å². The second-order valence-electron chi connectivity index (χ2n) is 5.69. The van der Waals surface area contributed by atoms with Crippen molar-refractivity contribution in [1.82, 2.24) is 24.7 Å². The van der Waals surface area contributed by atoms with Crippen LogP contribution >= 0.6 is 23.4 Å². The molecule has 3 heterocycles. The predicted molar refractivity (Wildman–Crippen MR) is 106 cm³/mol. The van der Waals surface area contributed by atoms with Crippen molar-refractivity contribution in [3.63, 3.8) is 0 Å². The Hall–Kier alpha value is -2.90. The molecule has 134 valence electrons. The molecule has 0 aliphatic carbocycles. The molecule has 1 aromatic carbocycles. The third kappa shape index (κ3) is 4.10. The number of hydrogen-bond donors (Lipinski definition) is 1. The first kappa shape index (κ1) is 17.5. The van der Waals surface area contributed by atoms with Crippen LogP contribution in [0, 0.1) is 0 Å². The van der Waals surface area contributed by atoms with Crippen molar-refractivity contribution in [1.29, 1.82) is 0 Å². The number of H-pyrrole nitrogens is 1. The zero-order valence-electron chi connectivity index (χ0n) is 14.0. The smallest absolute Gasteiger partial charge is 0.271 e. The van der Waals surface area contributed by atoms with Gasteiger partial charge in [0.2, 0.25) is 0 Å². The highest BCUT2D eigenvalue weighted by molar-refractivity contribution is 7.98. The summed E-state index contributed by atoms with van der Waals surface area (Å²) in [6.45, 7) is 0. The predicted octanol–water partition coefficient (Wildman–Crippen LogP) is 3.96. The molecule has 0 aliphatic heterocycles. The molecule has 0 saturated heterocycles. The number of nitrogens with one attached hydrogen (secondary N) is 1. The van der Waals surface area contributed by atoms with Crippen LogP contribution < -0.4 is 5.56 Å². The van der Waals surface area contributed by atoms with E-state index in [4.69, 9.17) is 11.6 Å². The van der Waals surface area contributed by atoms with E-state index >= 15 is 0 Å². The largest absolute Gasteiger partial charge is 0.294 e. The lowest BCUT2D eigenvalue weighted by Crippen LogP contribution is -2.13. The number of halogens is 1. The minimum Gasteiger partial charge on any atom is -0.294 e. The van der Waals surface area contributed by atoms with Gasteiger partial charge in [-0.15, -0.1) is 0 Å². The Labute approximate surface area is 164 Å². The average Bonchev–Trinajstić information content (AvgIpc) is 3.08. The number of hydrogen-bond acceptors (Lipinski definition) is 5. The average molecular weight is 396 g/mol. The van der Waals surface area contributed by atoms with Crippen molar-refractivity contribution >= 4 is 23.4 Å². The van der Waals surface area contributed by atoms with Gasteiger partial charge in [-0.3, -0.25) is 14.9 Å². The molecular formula is C19H14ClN5OS. The van der Waals surface area contributed by atoms with Crippen LogP contribution in [0.3, 0.4) is 0 Å². The lowest BCUT2D eigenvalue weighted by molar-refractivity contribution is 0.832. The first-order valence-corrected chi connectivity index (χ1v) is 9.48. The first-order chi connectivity index (χ1) is 13.2. The third-order valence-electron chi connectivity index (χ3n) is 3.81. The molecule has 4 rings (SSSR count). The van der Waals surface area contributed by atoms with E-state index in [9.17, 15) is 4.79 Å². The summed E-state index contributed by atoms with van der Waals surface area (Å²) in [5, 5.41) is 4.37. The Morgan fingerprint density at radius 2 is 1.96 bits per heavy atom. The number of benzene rings is 1. The molecule has 0 saturated carbocycles. The maximum absolute atomic E-state index is 12.2. The molecule has 0 radical (unpaired) electrons. The SMILES string of the molecule is O=c1cc(CSc2nccc(-c3cccnc3)n2)[nH]n1-c1ccc(Cl)cc1. The summed E-state index contributed by atoms with van der Waals surface area (Å²) in [5.41, 5.74) is 3.14. The normalized spacial score (nSPS) is 10.9. The standard InChI is InChI=1S/C19H14ClN5OS/c20-14-3-5-16(6-4-14)25-18(26)10-15(24-25)12-27-19-22-9-7-17(23-19)13-2-1-8-21-11-13/h1-11,24H,12H2. The molecule has 0 atom stereocenters. The summed E-state index contributed by atoms with van der Waals surface area (Å²) < 4.78 is 1.49. The van der Waals surface area contributed by atoms with Gasteiger partial charge in [-0.05, 0) is 42.5 Å². The van der Waals surface area contributed by atoms with Gasteiger partial charge in [0.05, 0.1) is 11.4 Å². The quantitative estimate of drug-likeness (QED) is 0.409. The molecule has 6 nitrogen and oxygen atoms in total. The van der Waals surface area contributed by atoms with Gasteiger partial charge < -0.3 is 0 Å². The van der Waals surface area contributed by atoms with Crippen LogP contribution in [-0.2, 0) is 5.75 Å². The molecule has 27 heavy (non-hydrogen) atoms. The van der Waals surface area contributed by atoms with E-state index in [1.54, 1.807) is 48.9 Å². The minimum absolute atomic E-state index is 0.127. The molecule has 8 heteroatoms. The van der Waals surface area contributed by atoms with Gasteiger partial charge in [0.1, 0.15) is 0 Å². The summed E-state index contributed by atoms with van der Waals surface area (Å²) in [7, 11) is 0. The first-order valence-electron chi connectivity index (χ1n) is 8.12. The maximum atomic E-state index is 12.2. The fourth-order valence-corrected chi connectivity index (χ4v) is 3.38. The lowest BCUT2D eigenvalue weighted by atomic mass is 10.2. The van der Waals surface area contributed by atoms with Gasteiger partial charge in [-0.2, -0.15) is 0 Å². The monoisotopic (exact) mass is 395 g/mol. The number of nitrogens with zero attached hydrogens (tertiary/aromatic N) is 4. The molecule has 0 aliphatic rings. The van der Waals surface area contributed by atoms with E-state index in [1.165, 1.54) is 16.4 Å². The maximum Gasteiger partial charge on any atom is 0.271 e. The Bertz CT molecular complexity index is 1110. The van der Waals surface area contributed by atoms with Crippen molar-refractivity contribution in [2.75, 3.05) is 0 Å². The van der Waals surface area contributed by atoms with Crippen LogP contribution in [0.5, 0.6) is 0 Å². The number of thioether (sulfide) groups is 1. The van der Waals surface area contributed by atoms with Crippen molar-refractivity contribution in [3.8, 4) is 16.9 Å². The summed E-state index contributed by atoms with van der Waals surface area (Å²) in [4.78, 5) is 25.2. The van der Waals surface area contributed by atoms with Crippen molar-refractivity contribution in [2.45, 2.75) is 10.9 Å². The fourth-order valence-electron chi connectivity index (χ4n) is 2.53. The highest BCUT2D eigenvalue weighted by Gasteiger charge is 2.08. The van der Waals surface area contributed by atoms with Gasteiger partial charge in [0.25, 0.3) is 5.56 Å². The van der Waals surface area contributed by atoms with E-state index in [0.29, 0.717) is 15.9 Å². The van der Waals surface area contributed by atoms with Gasteiger partial charge in [0, 0.05) is 46.7 Å². The summed E-state index contributed by atoms with van der Waals surface area (Å²) in [6, 6.07) is 14.3. The fraction of sp³-hybridized carbons (Fsp3) is 0.0526. The molecule has 0 spiro atoms. The second-order valence-corrected chi connectivity index (χ2v) is 7.07. The van der Waals surface area contributed by atoms with Crippen molar-refractivity contribution < 1.29 is 0 Å². The van der Waals surface area contributed by atoms with E-state index in [2.05, 4.69) is 20.1 Å². The molecule has 0 bridgehead atoms. The molecule has 3 aromatic heterocycles. The highest BCUT2D eigenvalue weighted by Crippen LogP contribution is 2.21. The van der Waals surface area contributed by atoms with Gasteiger partial charge in [-0.25, -0.2) is 14.6 Å². The van der Waals surface area contributed by atoms with E-state index in [-0.39, 0.29) is 5.56 Å². The molecular weight excluding hydrogens is 382 g/mol. The molecule has 0 unspecified atom stereocenters. The topological polar surface area (TPSA) is 76.5 Å². The number of pyridine rings is 1. The Morgan fingerprint density at radius 3 is 2.74 bits per heavy atom. The molecule has 4 aromatic rings. The van der Waals surface area contributed by atoms with Crippen molar-refractivity contribution in [3.05, 3.63) is 88.2 Å². The number of aromatic nitrogens is 5. The molecule has 1 N–H and O–H groups in total. The molecule has 0 amide bonds. The van der Waals surface area contributed by atoms with Gasteiger partial charge >= 0.3 is 0 Å². The third-order valence-corrected chi connectivity index (χ3v) is 4.97. The van der Waals surface area contributed by atoms with Crippen LogP contribution in [0.1, 0.15) is 5.69 Å². The van der Waals surface area contributed by atoms with Gasteiger partial charge in [0.15, 0.2) is 5.16 Å². The van der Waals surface area contributed by atoms with Crippen LogP contribution in [0.2, 0.25) is 5.02 Å². The van der Waals surface area contributed by atoms with Crippen molar-refractivity contribution in [2.24, 2.45) is 0 Å². The summed E-state index contributed by atoms with van der Waals surface area (Å²) in [6.07, 6.45) is 5.21. The van der Waals surface area contributed by atoms with E-state index in [1.807, 2.05) is 18.2 Å². The zero-order valence-corrected chi connectivity index (χ0v) is 15.6. The Balaban J connectivity index is 1.50. The molecule has 0 fully saturated rings. The second kappa shape index (κ2) is 7.77. The van der Waals surface area contributed by atoms with E-state index < -0.39 is 0 Å². The Morgan fingerprint density at radius 1 is 1.11 bits per heavy atom. The summed E-state index contributed by atoms with van der Waals surface area (Å²) >= 11 is 7.35. The highest BCUT2D eigenvalue weighted by atomic mass is 35.5. The summed E-state index contributed by atoms with van der Waals surface area (Å²) in [5.74, 6) is 0.548. The van der Waals surface area contributed by atoms with Crippen LogP contribution in [0.25, 0.3) is 16.9 Å². The Kier molecular flexibility index (Phi) is 5.04.